The fraction of sp³-hybridized carbons (Fsp3) is 0.167. The molecule has 0 atom stereocenters. The monoisotopic (exact) mass is 340 g/mol. The van der Waals surface area contributed by atoms with Gasteiger partial charge in [-0.2, -0.15) is 0 Å². The van der Waals surface area contributed by atoms with Crippen LogP contribution in [0.5, 0.6) is 0 Å². The van der Waals surface area contributed by atoms with Crippen LogP contribution in [0.25, 0.3) is 33.2 Å². The molecule has 130 valence electrons. The van der Waals surface area contributed by atoms with Gasteiger partial charge in [0.1, 0.15) is 0 Å². The summed E-state index contributed by atoms with van der Waals surface area (Å²) in [5.74, 6) is 0. The third-order valence-corrected chi connectivity index (χ3v) is 4.92. The zero-order chi connectivity index (χ0) is 17.9. The topological polar surface area (TPSA) is 19.0 Å². The maximum Gasteiger partial charge on any atom is 0.0457 e. The Kier molecular flexibility index (Phi) is 4.59. The second kappa shape index (κ2) is 7.19. The lowest BCUT2D eigenvalue weighted by atomic mass is 9.98. The molecule has 0 unspecified atom stereocenters. The van der Waals surface area contributed by atoms with E-state index in [1.807, 2.05) is 0 Å². The predicted octanol–water partition coefficient (Wildman–Crippen LogP) is 5.61. The second-order valence-corrected chi connectivity index (χ2v) is 7.07. The summed E-state index contributed by atoms with van der Waals surface area (Å²) in [7, 11) is 4.24. The van der Waals surface area contributed by atoms with Gasteiger partial charge in [0.15, 0.2) is 0 Å². The predicted molar refractivity (Wildman–Crippen MR) is 111 cm³/mol. The van der Waals surface area contributed by atoms with Crippen LogP contribution in [0.15, 0.2) is 79.0 Å². The molecule has 1 aromatic heterocycles. The van der Waals surface area contributed by atoms with E-state index < -0.39 is 0 Å². The van der Waals surface area contributed by atoms with Crippen LogP contribution in [0.2, 0.25) is 0 Å². The number of rotatable bonds is 5. The Morgan fingerprint density at radius 3 is 2.04 bits per heavy atom. The average molecular weight is 340 g/mol. The molecule has 1 N–H and O–H groups in total. The molecule has 0 aliphatic carbocycles. The highest BCUT2D eigenvalue weighted by molar-refractivity contribution is 5.88. The number of nitrogens with one attached hydrogen (secondary N) is 1. The standard InChI is InChI=1S/C24H24N2/c1-26(2)15-14-22-17-25-24-13-12-21(16-23(22)24)20-10-8-19(9-11-20)18-6-4-3-5-7-18/h3-13,16-17,25H,14-15H2,1-2H3. The number of fused-ring (bicyclic) bond motifs is 1. The number of likely N-dealkylation sites (N-methyl/N-ethyl adjacent to an activating group) is 1. The molecule has 1 heterocycles. The quantitative estimate of drug-likeness (QED) is 0.500. The number of hydrogen-bond donors (Lipinski definition) is 1. The third-order valence-electron chi connectivity index (χ3n) is 4.92. The molecule has 3 aromatic carbocycles. The molecule has 0 fully saturated rings. The average Bonchev–Trinajstić information content (AvgIpc) is 3.09. The highest BCUT2D eigenvalue weighted by Crippen LogP contribution is 2.28. The van der Waals surface area contributed by atoms with Crippen molar-refractivity contribution in [3.05, 3.63) is 84.6 Å². The van der Waals surface area contributed by atoms with Gasteiger partial charge in [-0.15, -0.1) is 0 Å². The summed E-state index contributed by atoms with van der Waals surface area (Å²) >= 11 is 0. The lowest BCUT2D eigenvalue weighted by Gasteiger charge is -2.09. The molecule has 0 radical (unpaired) electrons. The van der Waals surface area contributed by atoms with Crippen LogP contribution in [-0.4, -0.2) is 30.5 Å². The summed E-state index contributed by atoms with van der Waals surface area (Å²) < 4.78 is 0. The number of aromatic nitrogens is 1. The van der Waals surface area contributed by atoms with Crippen LogP contribution in [0, 0.1) is 0 Å². The largest absolute Gasteiger partial charge is 0.361 e. The lowest BCUT2D eigenvalue weighted by molar-refractivity contribution is 0.414. The molecule has 2 nitrogen and oxygen atoms in total. The first kappa shape index (κ1) is 16.6. The highest BCUT2D eigenvalue weighted by Gasteiger charge is 2.07. The van der Waals surface area contributed by atoms with Gasteiger partial charge in [0.05, 0.1) is 0 Å². The van der Waals surface area contributed by atoms with Crippen molar-refractivity contribution < 1.29 is 0 Å². The van der Waals surface area contributed by atoms with Crippen molar-refractivity contribution in [2.45, 2.75) is 6.42 Å². The Morgan fingerprint density at radius 2 is 1.35 bits per heavy atom. The van der Waals surface area contributed by atoms with Gasteiger partial charge in [-0.1, -0.05) is 60.7 Å². The second-order valence-electron chi connectivity index (χ2n) is 7.07. The molecular formula is C24H24N2. The van der Waals surface area contributed by atoms with Crippen LogP contribution in [0.4, 0.5) is 0 Å². The maximum atomic E-state index is 3.40. The van der Waals surface area contributed by atoms with Crippen molar-refractivity contribution in [1.29, 1.82) is 0 Å². The summed E-state index contributed by atoms with van der Waals surface area (Å²) in [5.41, 5.74) is 7.63. The summed E-state index contributed by atoms with van der Waals surface area (Å²) in [6.07, 6.45) is 3.21. The van der Waals surface area contributed by atoms with Crippen molar-refractivity contribution in [2.24, 2.45) is 0 Å². The van der Waals surface area contributed by atoms with E-state index in [0.717, 1.165) is 13.0 Å². The van der Waals surface area contributed by atoms with Gasteiger partial charge in [0, 0.05) is 23.6 Å². The molecule has 0 saturated heterocycles. The molecule has 0 aliphatic heterocycles. The maximum absolute atomic E-state index is 3.40. The van der Waals surface area contributed by atoms with Crippen LogP contribution in [-0.2, 0) is 6.42 Å². The Labute approximate surface area is 155 Å². The summed E-state index contributed by atoms with van der Waals surface area (Å²) in [5, 5.41) is 1.33. The van der Waals surface area contributed by atoms with Crippen molar-refractivity contribution in [3.63, 3.8) is 0 Å². The third kappa shape index (κ3) is 3.42. The van der Waals surface area contributed by atoms with E-state index in [1.165, 1.54) is 38.7 Å². The minimum atomic E-state index is 1.06. The van der Waals surface area contributed by atoms with E-state index in [2.05, 4.69) is 103 Å². The van der Waals surface area contributed by atoms with Crippen LogP contribution in [0.1, 0.15) is 5.56 Å². The van der Waals surface area contributed by atoms with Crippen molar-refractivity contribution in [1.82, 2.24) is 9.88 Å². The van der Waals surface area contributed by atoms with E-state index in [1.54, 1.807) is 0 Å². The van der Waals surface area contributed by atoms with Gasteiger partial charge in [-0.3, -0.25) is 0 Å². The van der Waals surface area contributed by atoms with Gasteiger partial charge in [-0.05, 0) is 60.5 Å². The van der Waals surface area contributed by atoms with Gasteiger partial charge in [0.25, 0.3) is 0 Å². The summed E-state index contributed by atoms with van der Waals surface area (Å²) in [4.78, 5) is 5.63. The Bertz CT molecular complexity index is 996. The van der Waals surface area contributed by atoms with Crippen molar-refractivity contribution in [3.8, 4) is 22.3 Å². The van der Waals surface area contributed by atoms with Crippen LogP contribution in [0.3, 0.4) is 0 Å². The van der Waals surface area contributed by atoms with Crippen molar-refractivity contribution in [2.75, 3.05) is 20.6 Å². The fourth-order valence-electron chi connectivity index (χ4n) is 3.39. The zero-order valence-corrected chi connectivity index (χ0v) is 15.4. The molecule has 4 rings (SSSR count). The number of benzene rings is 3. The zero-order valence-electron chi connectivity index (χ0n) is 15.4. The van der Waals surface area contributed by atoms with Gasteiger partial charge in [0.2, 0.25) is 0 Å². The highest BCUT2D eigenvalue weighted by atomic mass is 15.0. The van der Waals surface area contributed by atoms with E-state index in [9.17, 15) is 0 Å². The summed E-state index contributed by atoms with van der Waals surface area (Å²) in [6.45, 7) is 1.06. The first-order valence-corrected chi connectivity index (χ1v) is 9.11. The van der Waals surface area contributed by atoms with Crippen LogP contribution >= 0.6 is 0 Å². The number of H-pyrrole nitrogens is 1. The van der Waals surface area contributed by atoms with Crippen LogP contribution < -0.4 is 0 Å². The molecular weight excluding hydrogens is 316 g/mol. The first-order valence-electron chi connectivity index (χ1n) is 9.11. The lowest BCUT2D eigenvalue weighted by Crippen LogP contribution is -2.14. The first-order chi connectivity index (χ1) is 12.7. The molecule has 0 amide bonds. The van der Waals surface area contributed by atoms with E-state index in [4.69, 9.17) is 0 Å². The molecule has 0 spiro atoms. The molecule has 4 aromatic rings. The van der Waals surface area contributed by atoms with Gasteiger partial charge in [-0.25, -0.2) is 0 Å². The Balaban J connectivity index is 1.65. The van der Waals surface area contributed by atoms with E-state index >= 15 is 0 Å². The van der Waals surface area contributed by atoms with Gasteiger partial charge < -0.3 is 9.88 Å². The molecule has 0 bridgehead atoms. The minimum absolute atomic E-state index is 1.06. The van der Waals surface area contributed by atoms with Crippen molar-refractivity contribution >= 4 is 10.9 Å². The minimum Gasteiger partial charge on any atom is -0.361 e. The Hall–Kier alpha value is -2.84. The Morgan fingerprint density at radius 1 is 0.731 bits per heavy atom. The van der Waals surface area contributed by atoms with E-state index in [-0.39, 0.29) is 0 Å². The molecule has 26 heavy (non-hydrogen) atoms. The van der Waals surface area contributed by atoms with E-state index in [0.29, 0.717) is 0 Å². The molecule has 0 aliphatic rings. The number of aromatic amines is 1. The molecule has 0 saturated carbocycles. The summed E-state index contributed by atoms with van der Waals surface area (Å²) in [6, 6.07) is 26.1. The SMILES string of the molecule is CN(C)CCc1c[nH]c2ccc(-c3ccc(-c4ccccc4)cc3)cc12. The number of hydrogen-bond acceptors (Lipinski definition) is 1. The number of nitrogens with zero attached hydrogens (tertiary/aromatic N) is 1. The normalized spacial score (nSPS) is 11.3. The fourth-order valence-corrected chi connectivity index (χ4v) is 3.39. The molecule has 2 heteroatoms. The smallest absolute Gasteiger partial charge is 0.0457 e. The van der Waals surface area contributed by atoms with Gasteiger partial charge >= 0.3 is 0 Å².